The summed E-state index contributed by atoms with van der Waals surface area (Å²) in [6, 6.07) is 6.87. The van der Waals surface area contributed by atoms with Crippen LogP contribution in [0.4, 0.5) is 5.69 Å². The van der Waals surface area contributed by atoms with Gasteiger partial charge in [-0.05, 0) is 62.2 Å². The molecule has 0 aromatic heterocycles. The van der Waals surface area contributed by atoms with Crippen molar-refractivity contribution in [1.29, 1.82) is 5.41 Å². The van der Waals surface area contributed by atoms with Crippen molar-refractivity contribution in [1.82, 2.24) is 5.32 Å². The zero-order chi connectivity index (χ0) is 48.0. The van der Waals surface area contributed by atoms with E-state index in [2.05, 4.69) is 18.5 Å². The van der Waals surface area contributed by atoms with Gasteiger partial charge in [-0.25, -0.2) is 18.5 Å². The van der Waals surface area contributed by atoms with Gasteiger partial charge in [0.05, 0.1) is 29.3 Å². The van der Waals surface area contributed by atoms with Crippen LogP contribution in [0, 0.1) is 5.41 Å². The molecule has 1 amide bonds. The van der Waals surface area contributed by atoms with Crippen LogP contribution in [0.5, 0.6) is 0 Å². The number of carboxylic acid groups (broad SMARTS) is 1. The van der Waals surface area contributed by atoms with E-state index < -0.39 is 123 Å². The average molecular weight is 1030 g/mol. The molecule has 2 unspecified atom stereocenters. The summed E-state index contributed by atoms with van der Waals surface area (Å²) in [7, 11) is -19.1. The number of hydrogen-bond acceptors (Lipinski definition) is 19. The Labute approximate surface area is 371 Å². The Bertz CT molecular complexity index is 2910. The SMILES string of the molecule is [B][C@H]1C[C@@H](OCSSC(C)(C)CNC(=O)c2ccc(-c3c4ccc(=N)c(S(=O)(=O)O)c-4oc4c(S(=O)(=O)O)c(N)ccc34)c(C(=O)O)c2)[C@@H](COP(=O)(O)OP(=O)(O)OP(=O)(O)O)O1. The molecule has 2 aliphatic heterocycles. The van der Waals surface area contributed by atoms with Crippen LogP contribution >= 0.6 is 45.1 Å². The number of phosphoric acid groups is 3. The van der Waals surface area contributed by atoms with Gasteiger partial charge in [0.25, 0.3) is 26.1 Å². The number of phosphoric ester groups is 1. The highest BCUT2D eigenvalue weighted by Crippen LogP contribution is 2.66. The lowest BCUT2D eigenvalue weighted by Gasteiger charge is -2.25. The zero-order valence-electron chi connectivity index (χ0n) is 32.5. The van der Waals surface area contributed by atoms with Crippen LogP contribution in [0.3, 0.4) is 0 Å². The fraction of sp³-hybridized carbons (Fsp3) is 0.323. The summed E-state index contributed by atoms with van der Waals surface area (Å²) < 4.78 is 133. The lowest BCUT2D eigenvalue weighted by atomic mass is 9.89. The first-order valence-electron chi connectivity index (χ1n) is 17.4. The Hall–Kier alpha value is -3.22. The number of amides is 1. The van der Waals surface area contributed by atoms with Crippen LogP contribution < -0.4 is 16.4 Å². The van der Waals surface area contributed by atoms with E-state index in [-0.39, 0.29) is 46.5 Å². The van der Waals surface area contributed by atoms with Gasteiger partial charge in [-0.3, -0.25) is 23.8 Å². The highest BCUT2D eigenvalue weighted by atomic mass is 33.1. The van der Waals surface area contributed by atoms with Gasteiger partial charge in [0.2, 0.25) is 0 Å². The van der Waals surface area contributed by atoms with Crippen molar-refractivity contribution in [2.75, 3.05) is 24.8 Å². The second kappa shape index (κ2) is 19.2. The molecule has 64 heavy (non-hydrogen) atoms. The minimum atomic E-state index is -5.75. The topological polar surface area (TPSA) is 416 Å². The Morgan fingerprint density at radius 1 is 0.969 bits per heavy atom. The number of fused-ring (bicyclic) bond motifs is 2. The van der Waals surface area contributed by atoms with E-state index in [9.17, 15) is 64.1 Å². The predicted molar refractivity (Wildman–Crippen MR) is 225 cm³/mol. The van der Waals surface area contributed by atoms with Gasteiger partial charge in [0, 0.05) is 39.4 Å². The van der Waals surface area contributed by atoms with Gasteiger partial charge in [-0.1, -0.05) is 27.7 Å². The molecule has 2 aromatic rings. The summed E-state index contributed by atoms with van der Waals surface area (Å²) in [5.41, 5.74) is 3.23. The molecule has 33 heteroatoms. The van der Waals surface area contributed by atoms with Crippen molar-refractivity contribution in [3.63, 3.8) is 0 Å². The molecule has 3 aliphatic rings. The molecule has 1 fully saturated rings. The fourth-order valence-electron chi connectivity index (χ4n) is 6.14. The lowest BCUT2D eigenvalue weighted by Crippen LogP contribution is -2.36. The number of nitrogens with two attached hydrogens (primary N) is 1. The smallest absolute Gasteiger partial charge is 0.478 e. The highest BCUT2D eigenvalue weighted by molar-refractivity contribution is 8.77. The monoisotopic (exact) mass is 1030 g/mol. The Kier molecular flexibility index (Phi) is 15.5. The predicted octanol–water partition coefficient (Wildman–Crippen LogP) is 3.32. The number of aromatic carboxylic acids is 1. The molecular formula is C31H35BN3O22P3S4. The molecule has 348 valence electrons. The van der Waals surface area contributed by atoms with Crippen molar-refractivity contribution >= 4 is 102 Å². The molecule has 0 spiro atoms. The van der Waals surface area contributed by atoms with Crippen LogP contribution in [-0.2, 0) is 56.6 Å². The normalized spacial score (nSPS) is 19.3. The van der Waals surface area contributed by atoms with Gasteiger partial charge in [0.15, 0.2) is 21.1 Å². The third kappa shape index (κ3) is 12.8. The van der Waals surface area contributed by atoms with Gasteiger partial charge < -0.3 is 49.6 Å². The van der Waals surface area contributed by atoms with E-state index in [1.165, 1.54) is 29.0 Å². The molecule has 2 radical (unpaired) electrons. The number of benzene rings is 3. The largest absolute Gasteiger partial charge is 0.490 e. The Balaban J connectivity index is 1.30. The lowest BCUT2D eigenvalue weighted by molar-refractivity contribution is -0.0237. The maximum absolute atomic E-state index is 13.4. The van der Waals surface area contributed by atoms with Gasteiger partial charge >= 0.3 is 29.4 Å². The van der Waals surface area contributed by atoms with Crippen LogP contribution in [0.2, 0.25) is 0 Å². The van der Waals surface area contributed by atoms with Crippen LogP contribution in [0.1, 0.15) is 41.0 Å². The summed E-state index contributed by atoms with van der Waals surface area (Å²) in [4.78, 5) is 60.5. The van der Waals surface area contributed by atoms with Crippen molar-refractivity contribution in [2.24, 2.45) is 0 Å². The van der Waals surface area contributed by atoms with Gasteiger partial charge in [-0.15, -0.1) is 0 Å². The minimum absolute atomic E-state index is 0.0169. The van der Waals surface area contributed by atoms with E-state index in [1.807, 2.05) is 0 Å². The standard InChI is InChI=1S/C31H35BN3O22P3S4/c1-31(2,62-61-13-52-21-10-23(32)54-22(21)11-53-59(42,43)57-60(44,45)56-58(39,40)41)12-35-29(36)14-3-4-15(18(9-14)30(37)38)24-16-5-7-19(33)27(63(46,47)48)25(16)55-26-17(24)6-8-20(34)28(26)64(49,50)51/h3-9,21-23,33H,10-13,34H2,1-2H3,(H,35,36)(H,37,38)(H,42,43)(H,44,45)(H2,39,40,41)(H,46,47,48)(H,49,50,51)/t21-,22-,23-/m1/s1. The highest BCUT2D eigenvalue weighted by Gasteiger charge is 2.43. The summed E-state index contributed by atoms with van der Waals surface area (Å²) in [6.07, 6.45) is -1.91. The molecule has 5 atom stereocenters. The molecule has 11 N–H and O–H groups in total. The molecule has 1 aliphatic carbocycles. The number of rotatable bonds is 19. The number of carboxylic acids is 1. The molecular weight excluding hydrogens is 998 g/mol. The first-order chi connectivity index (χ1) is 29.3. The molecule has 0 saturated carbocycles. The molecule has 2 heterocycles. The summed E-state index contributed by atoms with van der Waals surface area (Å²) >= 11 is 0. The van der Waals surface area contributed by atoms with Crippen LogP contribution in [-0.4, -0.2) is 112 Å². The number of anilines is 1. The van der Waals surface area contributed by atoms with Crippen molar-refractivity contribution in [3.8, 4) is 22.5 Å². The van der Waals surface area contributed by atoms with E-state index >= 15 is 0 Å². The van der Waals surface area contributed by atoms with E-state index in [4.69, 9.17) is 42.7 Å². The molecule has 2 aromatic carbocycles. The molecule has 1 saturated heterocycles. The van der Waals surface area contributed by atoms with Crippen molar-refractivity contribution in [3.05, 3.63) is 58.9 Å². The van der Waals surface area contributed by atoms with Crippen molar-refractivity contribution in [2.45, 2.75) is 53.0 Å². The van der Waals surface area contributed by atoms with Gasteiger partial charge in [-0.2, -0.15) is 25.5 Å². The first kappa shape index (κ1) is 51.8. The Morgan fingerprint density at radius 3 is 2.22 bits per heavy atom. The molecule has 5 rings (SSSR count). The summed E-state index contributed by atoms with van der Waals surface area (Å²) in [5.74, 6) is -3.17. The maximum atomic E-state index is 13.4. The summed E-state index contributed by atoms with van der Waals surface area (Å²) in [5, 5.41) is 20.2. The first-order valence-corrected chi connectivity index (χ1v) is 27.1. The third-order valence-corrected chi connectivity index (χ3v) is 17.2. The van der Waals surface area contributed by atoms with E-state index in [0.29, 0.717) is 0 Å². The minimum Gasteiger partial charge on any atom is -0.478 e. The maximum Gasteiger partial charge on any atom is 0.490 e. The quantitative estimate of drug-likeness (QED) is 0.00941. The Morgan fingerprint density at radius 2 is 1.61 bits per heavy atom. The van der Waals surface area contributed by atoms with Crippen LogP contribution in [0.15, 0.2) is 56.7 Å². The zero-order valence-corrected chi connectivity index (χ0v) is 38.4. The van der Waals surface area contributed by atoms with Crippen molar-refractivity contribution < 1.29 is 101 Å². The second-order valence-electron chi connectivity index (χ2n) is 14.0. The number of hydrogen-bond donors (Lipinski definition) is 10. The summed E-state index contributed by atoms with van der Waals surface area (Å²) in [6.45, 7) is 2.67. The average Bonchev–Trinajstić information content (AvgIpc) is 3.49. The third-order valence-electron chi connectivity index (χ3n) is 8.63. The van der Waals surface area contributed by atoms with Gasteiger partial charge in [0.1, 0.15) is 19.9 Å². The number of nitrogens with one attached hydrogen (secondary N) is 2. The van der Waals surface area contributed by atoms with E-state index in [0.717, 1.165) is 35.1 Å². The number of ether oxygens (including phenoxy) is 2. The number of carbonyl (C=O) groups excluding carboxylic acids is 1. The molecule has 0 bridgehead atoms. The number of nitrogen functional groups attached to an aromatic ring is 1. The van der Waals surface area contributed by atoms with Crippen LogP contribution in [0.25, 0.3) is 33.4 Å². The number of carbonyl (C=O) groups is 2. The molecule has 25 nitrogen and oxygen atoms in total. The van der Waals surface area contributed by atoms with E-state index in [1.54, 1.807) is 13.8 Å². The fourth-order valence-corrected chi connectivity index (χ4v) is 12.8. The second-order valence-corrected chi connectivity index (χ2v) is 24.1.